The Kier molecular flexibility index (Phi) is 10.5. The highest BCUT2D eigenvalue weighted by Gasteiger charge is 2.48. The molecule has 3 rings (SSSR count). The summed E-state index contributed by atoms with van der Waals surface area (Å²) >= 11 is 0. The van der Waals surface area contributed by atoms with Crippen molar-refractivity contribution in [2.45, 2.75) is 98.2 Å². The third kappa shape index (κ3) is 7.17. The number of amides is 2. The van der Waals surface area contributed by atoms with Gasteiger partial charge >= 0.3 is 5.97 Å². The Morgan fingerprint density at radius 2 is 1.79 bits per heavy atom. The molecule has 2 N–H and O–H groups in total. The topological polar surface area (TPSA) is 114 Å². The minimum absolute atomic E-state index is 0.0347. The minimum Gasteiger partial charge on any atom is -0.464 e. The Hall–Kier alpha value is -2.97. The molecule has 1 saturated carbocycles. The molecule has 2 heterocycles. The molecule has 1 aliphatic carbocycles. The van der Waals surface area contributed by atoms with Gasteiger partial charge in [0.25, 0.3) is 5.91 Å². The number of carbonyl (C=O) groups excluding carboxylic acids is 3. The van der Waals surface area contributed by atoms with E-state index in [0.29, 0.717) is 24.8 Å². The smallest absolute Gasteiger partial charge is 0.329 e. The average Bonchev–Trinajstić information content (AvgIpc) is 3.57. The van der Waals surface area contributed by atoms with Crippen LogP contribution < -0.4 is 10.6 Å². The largest absolute Gasteiger partial charge is 0.464 e. The predicted molar refractivity (Wildman–Crippen MR) is 150 cm³/mol. The van der Waals surface area contributed by atoms with Crippen LogP contribution in [0.1, 0.15) is 90.6 Å². The number of carbonyl (C=O) groups is 3. The van der Waals surface area contributed by atoms with Crippen LogP contribution in [-0.2, 0) is 14.3 Å². The molecule has 2 amide bonds. The first kappa shape index (κ1) is 30.6. The molecular weight excluding hydrogens is 494 g/mol. The highest BCUT2D eigenvalue weighted by atomic mass is 16.5. The summed E-state index contributed by atoms with van der Waals surface area (Å²) in [7, 11) is 0. The quantitative estimate of drug-likeness (QED) is 0.405. The molecule has 1 aromatic rings. The van der Waals surface area contributed by atoms with E-state index in [1.807, 2.05) is 6.92 Å². The van der Waals surface area contributed by atoms with E-state index in [-0.39, 0.29) is 29.4 Å². The van der Waals surface area contributed by atoms with E-state index < -0.39 is 29.4 Å². The number of nitrogens with zero attached hydrogens (tertiary/aromatic N) is 3. The number of hydrogen-bond acceptors (Lipinski definition) is 7. The van der Waals surface area contributed by atoms with Crippen molar-refractivity contribution in [3.63, 3.8) is 0 Å². The summed E-state index contributed by atoms with van der Waals surface area (Å²) in [5, 5.41) is 6.19. The number of hydrogen-bond donors (Lipinski definition) is 2. The van der Waals surface area contributed by atoms with Crippen molar-refractivity contribution in [3.8, 4) is 0 Å². The van der Waals surface area contributed by atoms with Crippen molar-refractivity contribution in [2.75, 3.05) is 13.2 Å². The second kappa shape index (κ2) is 13.4. The third-order valence-corrected chi connectivity index (χ3v) is 8.39. The number of nitrogens with one attached hydrogen (secondary N) is 2. The number of likely N-dealkylation sites (tertiary alicyclic amines) is 1. The molecule has 1 saturated heterocycles. The van der Waals surface area contributed by atoms with Crippen molar-refractivity contribution in [1.29, 1.82) is 0 Å². The highest BCUT2D eigenvalue weighted by Crippen LogP contribution is 2.40. The number of ether oxygens (including phenoxy) is 1. The van der Waals surface area contributed by atoms with Crippen LogP contribution in [0.5, 0.6) is 0 Å². The van der Waals surface area contributed by atoms with Gasteiger partial charge in [0.2, 0.25) is 5.91 Å². The van der Waals surface area contributed by atoms with Gasteiger partial charge in [-0.1, -0.05) is 66.9 Å². The first-order chi connectivity index (χ1) is 18.5. The van der Waals surface area contributed by atoms with Gasteiger partial charge in [-0.2, -0.15) is 0 Å². The molecule has 9 heteroatoms. The van der Waals surface area contributed by atoms with E-state index in [0.717, 1.165) is 38.5 Å². The van der Waals surface area contributed by atoms with Crippen LogP contribution in [0.2, 0.25) is 0 Å². The van der Waals surface area contributed by atoms with Gasteiger partial charge in [0.1, 0.15) is 17.8 Å². The zero-order chi connectivity index (χ0) is 28.7. The van der Waals surface area contributed by atoms with Crippen molar-refractivity contribution >= 4 is 17.8 Å². The fraction of sp³-hybridized carbons (Fsp3) is 0.700. The molecule has 39 heavy (non-hydrogen) atoms. The molecule has 216 valence electrons. The molecule has 0 unspecified atom stereocenters. The van der Waals surface area contributed by atoms with Crippen LogP contribution in [0.4, 0.5) is 0 Å². The summed E-state index contributed by atoms with van der Waals surface area (Å²) in [4.78, 5) is 50.2. The predicted octanol–water partition coefficient (Wildman–Crippen LogP) is 4.11. The zero-order valence-electron chi connectivity index (χ0n) is 24.5. The number of aromatic nitrogens is 2. The van der Waals surface area contributed by atoms with E-state index in [9.17, 15) is 14.4 Å². The molecule has 2 fully saturated rings. The molecular formula is C30H47N5O4. The van der Waals surface area contributed by atoms with Gasteiger partial charge in [0.05, 0.1) is 18.8 Å². The first-order valence-electron chi connectivity index (χ1n) is 14.5. The van der Waals surface area contributed by atoms with Crippen LogP contribution >= 0.6 is 0 Å². The molecule has 9 nitrogen and oxygen atoms in total. The van der Waals surface area contributed by atoms with Gasteiger partial charge in [-0.3, -0.25) is 14.6 Å². The third-order valence-electron chi connectivity index (χ3n) is 8.39. The Morgan fingerprint density at radius 1 is 1.10 bits per heavy atom. The molecule has 0 aromatic carbocycles. The molecule has 1 aromatic heterocycles. The van der Waals surface area contributed by atoms with Gasteiger partial charge in [-0.15, -0.1) is 0 Å². The first-order valence-corrected chi connectivity index (χ1v) is 14.5. The fourth-order valence-corrected chi connectivity index (χ4v) is 6.32. The van der Waals surface area contributed by atoms with Crippen molar-refractivity contribution < 1.29 is 19.1 Å². The van der Waals surface area contributed by atoms with Crippen LogP contribution in [0.15, 0.2) is 30.9 Å². The van der Waals surface area contributed by atoms with Gasteiger partial charge < -0.3 is 20.3 Å². The van der Waals surface area contributed by atoms with Crippen LogP contribution in [0.3, 0.4) is 0 Å². The molecule has 0 radical (unpaired) electrons. The molecule has 2 aliphatic rings. The Morgan fingerprint density at radius 3 is 2.33 bits per heavy atom. The van der Waals surface area contributed by atoms with Crippen LogP contribution in [0, 0.1) is 23.2 Å². The van der Waals surface area contributed by atoms with E-state index >= 15 is 0 Å². The summed E-state index contributed by atoms with van der Waals surface area (Å²) < 4.78 is 5.50. The van der Waals surface area contributed by atoms with Crippen LogP contribution in [-0.4, -0.2) is 63.9 Å². The standard InChI is InChI=1S/C30H47N5O4/c1-8-20-18-35(25(22(20)9-2)29(38)39-10-3)19(4)26(30(5,6)7)34-28(37)24(21-13-11-12-14-21)33-27(36)23-17-31-15-16-32-23/h15-17,20-22,24-26H,4,8-14,18H2,1-3,5-7H3,(H,33,36)(H,34,37)/t20-,22-,24-,25-,26+/m0/s1. The molecule has 0 spiro atoms. The lowest BCUT2D eigenvalue weighted by Gasteiger charge is -2.40. The lowest BCUT2D eigenvalue weighted by molar-refractivity contribution is -0.149. The average molecular weight is 542 g/mol. The van der Waals surface area contributed by atoms with E-state index in [2.05, 4.69) is 66.7 Å². The van der Waals surface area contributed by atoms with Gasteiger partial charge in [0.15, 0.2) is 0 Å². The summed E-state index contributed by atoms with van der Waals surface area (Å²) in [5.74, 6) is -0.381. The lowest BCUT2D eigenvalue weighted by atomic mass is 9.83. The van der Waals surface area contributed by atoms with Gasteiger partial charge in [-0.05, 0) is 42.9 Å². The maximum absolute atomic E-state index is 13.9. The number of rotatable bonds is 11. The molecule has 0 bridgehead atoms. The number of esters is 1. The Bertz CT molecular complexity index is 1000. The summed E-state index contributed by atoms with van der Waals surface area (Å²) in [6, 6.07) is -1.59. The lowest BCUT2D eigenvalue weighted by Crippen LogP contribution is -2.57. The minimum atomic E-state index is -0.703. The normalized spacial score (nSPS) is 23.2. The second-order valence-electron chi connectivity index (χ2n) is 12.0. The molecule has 5 atom stereocenters. The fourth-order valence-electron chi connectivity index (χ4n) is 6.32. The zero-order valence-corrected chi connectivity index (χ0v) is 24.5. The second-order valence-corrected chi connectivity index (χ2v) is 12.0. The van der Waals surface area contributed by atoms with E-state index in [1.54, 1.807) is 0 Å². The maximum Gasteiger partial charge on any atom is 0.329 e. The summed E-state index contributed by atoms with van der Waals surface area (Å²) in [6.07, 6.45) is 9.96. The Balaban J connectivity index is 1.87. The van der Waals surface area contributed by atoms with E-state index in [1.165, 1.54) is 18.6 Å². The van der Waals surface area contributed by atoms with Gasteiger partial charge in [0, 0.05) is 24.6 Å². The SMILES string of the molecule is C=C([C@@H](NC(=O)[C@@H](NC(=O)c1cnccn1)C1CCCC1)C(C)(C)C)N1C[C@H](CC)[C@H](CC)[C@H]1C(=O)OCC. The van der Waals surface area contributed by atoms with E-state index in [4.69, 9.17) is 4.74 Å². The Labute approximate surface area is 233 Å². The maximum atomic E-state index is 13.9. The van der Waals surface area contributed by atoms with Crippen molar-refractivity contribution in [1.82, 2.24) is 25.5 Å². The van der Waals surface area contributed by atoms with Gasteiger partial charge in [-0.25, -0.2) is 9.78 Å². The highest BCUT2D eigenvalue weighted by molar-refractivity contribution is 5.96. The van der Waals surface area contributed by atoms with Crippen LogP contribution in [0.25, 0.3) is 0 Å². The van der Waals surface area contributed by atoms with Crippen molar-refractivity contribution in [2.24, 2.45) is 23.2 Å². The summed E-state index contributed by atoms with van der Waals surface area (Å²) in [5.41, 5.74) is 0.483. The molecule has 1 aliphatic heterocycles. The van der Waals surface area contributed by atoms with Crippen molar-refractivity contribution in [3.05, 3.63) is 36.6 Å². The monoisotopic (exact) mass is 541 g/mol. The summed E-state index contributed by atoms with van der Waals surface area (Å²) in [6.45, 7) is 17.7.